The van der Waals surface area contributed by atoms with E-state index in [9.17, 15) is 10.1 Å². The number of rotatable bonds is 3. The summed E-state index contributed by atoms with van der Waals surface area (Å²) in [6.45, 7) is -0.305. The van der Waals surface area contributed by atoms with Crippen LogP contribution in [0.5, 0.6) is 0 Å². The zero-order valence-electron chi connectivity index (χ0n) is 7.05. The Kier molecular flexibility index (Phi) is 3.34. The predicted molar refractivity (Wildman–Crippen MR) is 49.9 cm³/mol. The fourth-order valence-corrected chi connectivity index (χ4v) is 1.06. The average Bonchev–Trinajstić information content (AvgIpc) is 2.17. The van der Waals surface area contributed by atoms with Crippen LogP contribution in [0.25, 0.3) is 0 Å². The molecular formula is C7H8ClN3O3. The third-order valence-electron chi connectivity index (χ3n) is 1.66. The largest absolute Gasteiger partial charge is 0.394 e. The van der Waals surface area contributed by atoms with Crippen molar-refractivity contribution in [2.24, 2.45) is 5.73 Å². The van der Waals surface area contributed by atoms with E-state index in [0.29, 0.717) is 5.56 Å². The lowest BCUT2D eigenvalue weighted by Crippen LogP contribution is -2.15. The highest BCUT2D eigenvalue weighted by atomic mass is 35.5. The van der Waals surface area contributed by atoms with E-state index in [-0.39, 0.29) is 17.4 Å². The lowest BCUT2D eigenvalue weighted by atomic mass is 10.1. The van der Waals surface area contributed by atoms with E-state index in [0.717, 1.165) is 0 Å². The number of hydrogen-bond acceptors (Lipinski definition) is 5. The van der Waals surface area contributed by atoms with Crippen molar-refractivity contribution in [3.8, 4) is 0 Å². The van der Waals surface area contributed by atoms with E-state index >= 15 is 0 Å². The molecule has 0 bridgehead atoms. The number of nitrogens with two attached hydrogens (primary N) is 1. The molecule has 0 fully saturated rings. The Balaban J connectivity index is 3.12. The Morgan fingerprint density at radius 1 is 1.79 bits per heavy atom. The first-order valence-electron chi connectivity index (χ1n) is 3.72. The van der Waals surface area contributed by atoms with Crippen LogP contribution in [0.2, 0.25) is 5.15 Å². The van der Waals surface area contributed by atoms with Gasteiger partial charge in [0.1, 0.15) is 0 Å². The second-order valence-corrected chi connectivity index (χ2v) is 2.98. The molecule has 0 aliphatic heterocycles. The number of aromatic nitrogens is 1. The first-order chi connectivity index (χ1) is 6.56. The average molecular weight is 218 g/mol. The smallest absolute Gasteiger partial charge is 0.306 e. The Hall–Kier alpha value is -1.24. The number of halogens is 1. The van der Waals surface area contributed by atoms with Crippen LogP contribution in [0.4, 0.5) is 5.69 Å². The van der Waals surface area contributed by atoms with Crippen LogP contribution in [0, 0.1) is 10.1 Å². The number of aliphatic hydroxyl groups is 1. The molecule has 0 radical (unpaired) electrons. The highest BCUT2D eigenvalue weighted by Crippen LogP contribution is 2.24. The van der Waals surface area contributed by atoms with Crippen molar-refractivity contribution in [3.63, 3.8) is 0 Å². The van der Waals surface area contributed by atoms with Crippen LogP contribution in [-0.2, 0) is 0 Å². The van der Waals surface area contributed by atoms with Crippen LogP contribution < -0.4 is 5.73 Å². The molecule has 0 saturated carbocycles. The molecule has 1 heterocycles. The van der Waals surface area contributed by atoms with Crippen molar-refractivity contribution in [1.29, 1.82) is 0 Å². The first-order valence-corrected chi connectivity index (χ1v) is 4.10. The normalized spacial score (nSPS) is 12.5. The Bertz CT molecular complexity index is 358. The Labute approximate surface area is 84.5 Å². The Morgan fingerprint density at radius 2 is 2.43 bits per heavy atom. The Morgan fingerprint density at radius 3 is 2.93 bits per heavy atom. The number of nitrogens with zero attached hydrogens (tertiary/aromatic N) is 2. The van der Waals surface area contributed by atoms with Crippen LogP contribution >= 0.6 is 11.6 Å². The molecule has 1 atom stereocenters. The molecule has 0 aliphatic carbocycles. The molecule has 1 aromatic rings. The molecule has 1 aromatic heterocycles. The molecule has 0 unspecified atom stereocenters. The van der Waals surface area contributed by atoms with Crippen LogP contribution in [0.1, 0.15) is 11.6 Å². The second-order valence-electron chi connectivity index (χ2n) is 2.62. The minimum Gasteiger partial charge on any atom is -0.394 e. The number of hydrogen-bond donors (Lipinski definition) is 2. The minimum atomic E-state index is -0.682. The zero-order chi connectivity index (χ0) is 10.7. The van der Waals surface area contributed by atoms with Crippen molar-refractivity contribution in [2.45, 2.75) is 6.04 Å². The molecule has 76 valence electrons. The van der Waals surface area contributed by atoms with Crippen molar-refractivity contribution in [3.05, 3.63) is 33.1 Å². The fraction of sp³-hybridized carbons (Fsp3) is 0.286. The van der Waals surface area contributed by atoms with E-state index in [1.54, 1.807) is 0 Å². The third kappa shape index (κ3) is 2.16. The molecule has 0 amide bonds. The van der Waals surface area contributed by atoms with Gasteiger partial charge in [0.2, 0.25) is 5.15 Å². The molecule has 1 rings (SSSR count). The van der Waals surface area contributed by atoms with Gasteiger partial charge in [0.25, 0.3) is 0 Å². The van der Waals surface area contributed by atoms with Crippen LogP contribution in [0.3, 0.4) is 0 Å². The summed E-state index contributed by atoms with van der Waals surface area (Å²) in [6.07, 6.45) is 1.30. The highest BCUT2D eigenvalue weighted by Gasteiger charge is 2.16. The van der Waals surface area contributed by atoms with Crippen molar-refractivity contribution < 1.29 is 10.0 Å². The minimum absolute atomic E-state index is 0.191. The SMILES string of the molecule is N[C@H](CO)c1cnc(Cl)c([N+](=O)[O-])c1. The summed E-state index contributed by atoms with van der Waals surface area (Å²) in [7, 11) is 0. The first kappa shape index (κ1) is 10.8. The quantitative estimate of drug-likeness (QED) is 0.439. The zero-order valence-corrected chi connectivity index (χ0v) is 7.81. The van der Waals surface area contributed by atoms with E-state index in [4.69, 9.17) is 22.4 Å². The van der Waals surface area contributed by atoms with E-state index in [2.05, 4.69) is 4.98 Å². The van der Waals surface area contributed by atoms with Crippen molar-refractivity contribution in [2.75, 3.05) is 6.61 Å². The number of nitro groups is 1. The topological polar surface area (TPSA) is 102 Å². The molecular weight excluding hydrogens is 210 g/mol. The maximum absolute atomic E-state index is 10.5. The standard InChI is InChI=1S/C7H8ClN3O3/c8-7-6(11(13)14)1-4(2-10-7)5(9)3-12/h1-2,5,12H,3,9H2/t5-/m1/s1. The van der Waals surface area contributed by atoms with Gasteiger partial charge in [0, 0.05) is 12.3 Å². The summed E-state index contributed by atoms with van der Waals surface area (Å²) in [5.41, 5.74) is 5.52. The van der Waals surface area contributed by atoms with Gasteiger partial charge in [-0.2, -0.15) is 0 Å². The summed E-state index contributed by atoms with van der Waals surface area (Å²) in [4.78, 5) is 13.4. The van der Waals surface area contributed by atoms with Crippen molar-refractivity contribution in [1.82, 2.24) is 4.98 Å². The highest BCUT2D eigenvalue weighted by molar-refractivity contribution is 6.31. The summed E-state index contributed by atoms with van der Waals surface area (Å²) in [5.74, 6) is 0. The lowest BCUT2D eigenvalue weighted by molar-refractivity contribution is -0.385. The van der Waals surface area contributed by atoms with Gasteiger partial charge in [-0.15, -0.1) is 0 Å². The number of pyridine rings is 1. The van der Waals surface area contributed by atoms with Gasteiger partial charge < -0.3 is 10.8 Å². The maximum Gasteiger partial charge on any atom is 0.306 e. The van der Waals surface area contributed by atoms with Gasteiger partial charge >= 0.3 is 5.69 Å². The van der Waals surface area contributed by atoms with Gasteiger partial charge in [0.05, 0.1) is 17.6 Å². The monoisotopic (exact) mass is 217 g/mol. The lowest BCUT2D eigenvalue weighted by Gasteiger charge is -2.07. The van der Waals surface area contributed by atoms with Gasteiger partial charge in [-0.3, -0.25) is 10.1 Å². The molecule has 0 aliphatic rings. The molecule has 0 aromatic carbocycles. The summed E-state index contributed by atoms with van der Waals surface area (Å²) in [6, 6.07) is 0.523. The van der Waals surface area contributed by atoms with Crippen LogP contribution in [0.15, 0.2) is 12.3 Å². The van der Waals surface area contributed by atoms with Gasteiger partial charge in [-0.25, -0.2) is 4.98 Å². The summed E-state index contributed by atoms with van der Waals surface area (Å²) in [5, 5.41) is 19.0. The van der Waals surface area contributed by atoms with Gasteiger partial charge in [0.15, 0.2) is 0 Å². The molecule has 0 saturated heterocycles. The predicted octanol–water partition coefficient (Wildman–Crippen LogP) is 0.635. The van der Waals surface area contributed by atoms with E-state index < -0.39 is 11.0 Å². The third-order valence-corrected chi connectivity index (χ3v) is 1.95. The van der Waals surface area contributed by atoms with Crippen molar-refractivity contribution >= 4 is 17.3 Å². The van der Waals surface area contributed by atoms with Gasteiger partial charge in [-0.1, -0.05) is 11.6 Å². The summed E-state index contributed by atoms with van der Waals surface area (Å²) >= 11 is 5.48. The molecule has 7 heteroatoms. The van der Waals surface area contributed by atoms with E-state index in [1.807, 2.05) is 0 Å². The number of aliphatic hydroxyl groups excluding tert-OH is 1. The second kappa shape index (κ2) is 4.32. The molecule has 6 nitrogen and oxygen atoms in total. The fourth-order valence-electron chi connectivity index (χ4n) is 0.888. The summed E-state index contributed by atoms with van der Waals surface area (Å²) < 4.78 is 0. The molecule has 0 spiro atoms. The van der Waals surface area contributed by atoms with E-state index in [1.165, 1.54) is 12.3 Å². The molecule has 3 N–H and O–H groups in total. The van der Waals surface area contributed by atoms with Gasteiger partial charge in [-0.05, 0) is 5.56 Å². The molecule has 14 heavy (non-hydrogen) atoms. The van der Waals surface area contributed by atoms with Crippen LogP contribution in [-0.4, -0.2) is 21.6 Å². The maximum atomic E-state index is 10.5.